The molecular formula is C22H27NO2S. The van der Waals surface area contributed by atoms with Crippen LogP contribution in [-0.2, 0) is 0 Å². The van der Waals surface area contributed by atoms with Crippen molar-refractivity contribution in [2.24, 2.45) is 0 Å². The van der Waals surface area contributed by atoms with E-state index in [9.17, 15) is 4.79 Å². The van der Waals surface area contributed by atoms with Crippen molar-refractivity contribution in [3.8, 4) is 5.75 Å². The van der Waals surface area contributed by atoms with E-state index in [0.29, 0.717) is 5.25 Å². The largest absolute Gasteiger partial charge is 0.494 e. The molecule has 1 amide bonds. The van der Waals surface area contributed by atoms with Crippen molar-refractivity contribution in [2.75, 3.05) is 25.4 Å². The Kier molecular flexibility index (Phi) is 7.01. The van der Waals surface area contributed by atoms with E-state index in [1.165, 1.54) is 5.56 Å². The Morgan fingerprint density at radius 1 is 1.12 bits per heavy atom. The molecule has 1 saturated heterocycles. The number of hydrogen-bond acceptors (Lipinski definition) is 3. The smallest absolute Gasteiger partial charge is 0.253 e. The maximum atomic E-state index is 12.8. The number of carbonyl (C=O) groups is 1. The van der Waals surface area contributed by atoms with E-state index in [-0.39, 0.29) is 5.91 Å². The molecule has 0 N–H and O–H groups in total. The summed E-state index contributed by atoms with van der Waals surface area (Å²) in [5.74, 6) is 1.94. The van der Waals surface area contributed by atoms with Gasteiger partial charge in [-0.2, -0.15) is 11.8 Å². The Bertz CT molecular complexity index is 687. The summed E-state index contributed by atoms with van der Waals surface area (Å²) in [5, 5.41) is 0.475. The molecule has 4 heteroatoms. The Balaban J connectivity index is 1.58. The van der Waals surface area contributed by atoms with Crippen LogP contribution in [0.3, 0.4) is 0 Å². The summed E-state index contributed by atoms with van der Waals surface area (Å²) in [6.07, 6.45) is 3.17. The van der Waals surface area contributed by atoms with Gasteiger partial charge in [-0.3, -0.25) is 4.79 Å². The average Bonchev–Trinajstić information content (AvgIpc) is 2.95. The van der Waals surface area contributed by atoms with Crippen molar-refractivity contribution in [3.63, 3.8) is 0 Å². The van der Waals surface area contributed by atoms with Crippen LogP contribution >= 0.6 is 11.8 Å². The van der Waals surface area contributed by atoms with Crippen molar-refractivity contribution in [2.45, 2.75) is 31.4 Å². The van der Waals surface area contributed by atoms with Crippen LogP contribution in [0.25, 0.3) is 0 Å². The third-order valence-electron chi connectivity index (χ3n) is 4.67. The predicted octanol–water partition coefficient (Wildman–Crippen LogP) is 5.19. The molecule has 3 nitrogen and oxygen atoms in total. The molecule has 0 bridgehead atoms. The number of rotatable bonds is 6. The summed E-state index contributed by atoms with van der Waals surface area (Å²) >= 11 is 1.95. The molecule has 0 unspecified atom stereocenters. The summed E-state index contributed by atoms with van der Waals surface area (Å²) in [5.41, 5.74) is 2.11. The van der Waals surface area contributed by atoms with Crippen molar-refractivity contribution in [1.29, 1.82) is 0 Å². The third-order valence-corrected chi connectivity index (χ3v) is 6.00. The minimum atomic E-state index is 0.124. The van der Waals surface area contributed by atoms with Gasteiger partial charge in [-0.25, -0.2) is 0 Å². The van der Waals surface area contributed by atoms with Gasteiger partial charge in [-0.05, 0) is 42.7 Å². The molecule has 0 radical (unpaired) electrons. The van der Waals surface area contributed by atoms with Crippen LogP contribution in [0.2, 0.25) is 0 Å². The predicted molar refractivity (Wildman–Crippen MR) is 109 cm³/mol. The summed E-state index contributed by atoms with van der Waals surface area (Å²) < 4.78 is 5.68. The molecule has 0 aromatic heterocycles. The van der Waals surface area contributed by atoms with Crippen molar-refractivity contribution >= 4 is 17.7 Å². The zero-order chi connectivity index (χ0) is 18.2. The van der Waals surface area contributed by atoms with Crippen molar-refractivity contribution in [1.82, 2.24) is 4.90 Å². The molecule has 0 aliphatic carbocycles. The molecule has 1 fully saturated rings. The van der Waals surface area contributed by atoms with Crippen LogP contribution in [0, 0.1) is 0 Å². The minimum Gasteiger partial charge on any atom is -0.494 e. The van der Waals surface area contributed by atoms with Gasteiger partial charge in [-0.1, -0.05) is 43.7 Å². The summed E-state index contributed by atoms with van der Waals surface area (Å²) in [4.78, 5) is 14.8. The fourth-order valence-corrected chi connectivity index (χ4v) is 4.35. The molecule has 0 spiro atoms. The second kappa shape index (κ2) is 9.67. The van der Waals surface area contributed by atoms with Crippen LogP contribution in [0.15, 0.2) is 54.6 Å². The maximum absolute atomic E-state index is 12.8. The quantitative estimate of drug-likeness (QED) is 0.657. The van der Waals surface area contributed by atoms with Gasteiger partial charge in [0.15, 0.2) is 0 Å². The van der Waals surface area contributed by atoms with E-state index >= 15 is 0 Å². The summed E-state index contributed by atoms with van der Waals surface area (Å²) in [6.45, 7) is 4.49. The SMILES string of the molecule is CCCCOc1ccc(C(=O)N2CCS[C@@H](c3ccccc3)CC2)cc1. The van der Waals surface area contributed by atoms with Gasteiger partial charge in [-0.15, -0.1) is 0 Å². The lowest BCUT2D eigenvalue weighted by Crippen LogP contribution is -2.32. The number of unbranched alkanes of at least 4 members (excludes halogenated alkanes) is 1. The lowest BCUT2D eigenvalue weighted by atomic mass is 10.1. The Hall–Kier alpha value is -1.94. The molecule has 2 aromatic carbocycles. The molecule has 2 aromatic rings. The lowest BCUT2D eigenvalue weighted by molar-refractivity contribution is 0.0766. The average molecular weight is 370 g/mol. The third kappa shape index (κ3) is 5.04. The van der Waals surface area contributed by atoms with Crippen LogP contribution in [0.5, 0.6) is 5.75 Å². The zero-order valence-corrected chi connectivity index (χ0v) is 16.2. The Labute approximate surface area is 160 Å². The first-order valence-corrected chi connectivity index (χ1v) is 10.5. The standard InChI is InChI=1S/C22H27NO2S/c1-2-3-16-25-20-11-9-19(10-12-20)22(24)23-14-13-21(26-17-15-23)18-7-5-4-6-8-18/h4-12,21H,2-3,13-17H2,1H3/t21-/m1/s1. The van der Waals surface area contributed by atoms with Gasteiger partial charge in [0, 0.05) is 29.7 Å². The Morgan fingerprint density at radius 2 is 1.88 bits per heavy atom. The van der Waals surface area contributed by atoms with E-state index < -0.39 is 0 Å². The fourth-order valence-electron chi connectivity index (χ4n) is 3.12. The van der Waals surface area contributed by atoms with E-state index in [4.69, 9.17) is 4.74 Å². The highest BCUT2D eigenvalue weighted by molar-refractivity contribution is 7.99. The van der Waals surface area contributed by atoms with Crippen LogP contribution in [-0.4, -0.2) is 36.3 Å². The van der Waals surface area contributed by atoms with E-state index in [0.717, 1.165) is 56.0 Å². The molecule has 0 saturated carbocycles. The number of hydrogen-bond donors (Lipinski definition) is 0. The van der Waals surface area contributed by atoms with E-state index in [2.05, 4.69) is 37.3 Å². The topological polar surface area (TPSA) is 29.5 Å². The number of ether oxygens (including phenoxy) is 1. The zero-order valence-electron chi connectivity index (χ0n) is 15.4. The minimum absolute atomic E-state index is 0.124. The van der Waals surface area contributed by atoms with Crippen LogP contribution in [0.4, 0.5) is 0 Å². The fraction of sp³-hybridized carbons (Fsp3) is 0.409. The van der Waals surface area contributed by atoms with Crippen molar-refractivity contribution in [3.05, 3.63) is 65.7 Å². The van der Waals surface area contributed by atoms with E-state index in [1.807, 2.05) is 40.9 Å². The molecule has 1 atom stereocenters. The highest BCUT2D eigenvalue weighted by Gasteiger charge is 2.22. The van der Waals surface area contributed by atoms with Crippen LogP contribution < -0.4 is 4.74 Å². The molecule has 3 rings (SSSR count). The van der Waals surface area contributed by atoms with Crippen molar-refractivity contribution < 1.29 is 9.53 Å². The first-order chi connectivity index (χ1) is 12.8. The second-order valence-corrected chi connectivity index (χ2v) is 7.89. The van der Waals surface area contributed by atoms with Gasteiger partial charge in [0.2, 0.25) is 0 Å². The van der Waals surface area contributed by atoms with Crippen LogP contribution in [0.1, 0.15) is 47.4 Å². The molecule has 1 heterocycles. The monoisotopic (exact) mass is 369 g/mol. The molecular weight excluding hydrogens is 342 g/mol. The normalized spacial score (nSPS) is 17.6. The second-order valence-electron chi connectivity index (χ2n) is 6.58. The van der Waals surface area contributed by atoms with Gasteiger partial charge in [0.05, 0.1) is 6.61 Å². The molecule has 1 aliphatic heterocycles. The Morgan fingerprint density at radius 3 is 2.62 bits per heavy atom. The highest BCUT2D eigenvalue weighted by atomic mass is 32.2. The first kappa shape index (κ1) is 18.8. The highest BCUT2D eigenvalue weighted by Crippen LogP contribution is 2.34. The lowest BCUT2D eigenvalue weighted by Gasteiger charge is -2.20. The van der Waals surface area contributed by atoms with Gasteiger partial charge in [0.25, 0.3) is 5.91 Å². The van der Waals surface area contributed by atoms with E-state index in [1.54, 1.807) is 0 Å². The van der Waals surface area contributed by atoms with Gasteiger partial charge < -0.3 is 9.64 Å². The summed E-state index contributed by atoms with van der Waals surface area (Å²) in [6, 6.07) is 18.2. The van der Waals surface area contributed by atoms with Gasteiger partial charge >= 0.3 is 0 Å². The van der Waals surface area contributed by atoms with Gasteiger partial charge in [0.1, 0.15) is 5.75 Å². The first-order valence-electron chi connectivity index (χ1n) is 9.46. The number of carbonyl (C=O) groups excluding carboxylic acids is 1. The molecule has 138 valence electrons. The number of thioether (sulfide) groups is 1. The molecule has 26 heavy (non-hydrogen) atoms. The molecule has 1 aliphatic rings. The number of amides is 1. The number of benzene rings is 2. The summed E-state index contributed by atoms with van der Waals surface area (Å²) in [7, 11) is 0. The number of nitrogens with zero attached hydrogens (tertiary/aromatic N) is 1. The maximum Gasteiger partial charge on any atom is 0.253 e.